The number of rotatable bonds is 1. The van der Waals surface area contributed by atoms with Gasteiger partial charge in [-0.1, -0.05) is 6.92 Å². The maximum atomic E-state index is 5.82. The zero-order valence-electron chi connectivity index (χ0n) is 6.14. The largest absolute Gasteiger partial charge is 0.316 e. The fraction of sp³-hybridized carbons (Fsp3) is 1.00. The standard InChI is InChI=1S/C7H16N2/c1-2-9-6-4-3-5-7(9)8/h7H,2-6,8H2,1H3. The molecular weight excluding hydrogens is 112 g/mol. The van der Waals surface area contributed by atoms with Gasteiger partial charge in [0.1, 0.15) is 0 Å². The normalized spacial score (nSPS) is 30.7. The first kappa shape index (κ1) is 7.03. The molecule has 54 valence electrons. The minimum atomic E-state index is 0.351. The van der Waals surface area contributed by atoms with Crippen LogP contribution in [0.1, 0.15) is 26.2 Å². The van der Waals surface area contributed by atoms with Gasteiger partial charge in [0.25, 0.3) is 0 Å². The van der Waals surface area contributed by atoms with Crippen molar-refractivity contribution in [2.45, 2.75) is 32.4 Å². The van der Waals surface area contributed by atoms with Gasteiger partial charge in [-0.15, -0.1) is 0 Å². The smallest absolute Gasteiger partial charge is 0.0571 e. The lowest BCUT2D eigenvalue weighted by atomic mass is 10.1. The molecule has 1 saturated heterocycles. The summed E-state index contributed by atoms with van der Waals surface area (Å²) in [6.07, 6.45) is 4.19. The molecule has 0 amide bonds. The predicted molar refractivity (Wildman–Crippen MR) is 39.1 cm³/mol. The highest BCUT2D eigenvalue weighted by Gasteiger charge is 2.15. The van der Waals surface area contributed by atoms with Crippen molar-refractivity contribution in [2.24, 2.45) is 5.73 Å². The number of nitrogens with two attached hydrogens (primary N) is 1. The Bertz CT molecular complexity index is 83.0. The van der Waals surface area contributed by atoms with Crippen LogP contribution in [0.15, 0.2) is 0 Å². The van der Waals surface area contributed by atoms with Crippen molar-refractivity contribution in [3.8, 4) is 0 Å². The molecule has 9 heavy (non-hydrogen) atoms. The van der Waals surface area contributed by atoms with Crippen LogP contribution >= 0.6 is 0 Å². The molecule has 1 aliphatic heterocycles. The van der Waals surface area contributed by atoms with Crippen molar-refractivity contribution >= 4 is 0 Å². The molecule has 2 heteroatoms. The van der Waals surface area contributed by atoms with E-state index in [9.17, 15) is 0 Å². The van der Waals surface area contributed by atoms with Crippen LogP contribution in [0, 0.1) is 0 Å². The second kappa shape index (κ2) is 3.18. The Kier molecular flexibility index (Phi) is 2.49. The fourth-order valence-corrected chi connectivity index (χ4v) is 1.41. The molecule has 1 unspecified atom stereocenters. The average Bonchev–Trinajstić information content (AvgIpc) is 1.89. The van der Waals surface area contributed by atoms with Crippen LogP contribution in [-0.2, 0) is 0 Å². The first-order valence-electron chi connectivity index (χ1n) is 3.84. The second-order valence-electron chi connectivity index (χ2n) is 2.69. The van der Waals surface area contributed by atoms with Crippen LogP contribution < -0.4 is 5.73 Å². The van der Waals surface area contributed by atoms with Gasteiger partial charge >= 0.3 is 0 Å². The molecule has 0 radical (unpaired) electrons. The van der Waals surface area contributed by atoms with Crippen molar-refractivity contribution in [3.05, 3.63) is 0 Å². The first-order chi connectivity index (χ1) is 4.34. The molecule has 0 aliphatic carbocycles. The van der Waals surface area contributed by atoms with Gasteiger partial charge in [-0.25, -0.2) is 0 Å². The average molecular weight is 128 g/mol. The Morgan fingerprint density at radius 2 is 2.33 bits per heavy atom. The van der Waals surface area contributed by atoms with E-state index in [4.69, 9.17) is 5.73 Å². The summed E-state index contributed by atoms with van der Waals surface area (Å²) < 4.78 is 0. The third kappa shape index (κ3) is 1.66. The maximum Gasteiger partial charge on any atom is 0.0571 e. The molecule has 1 heterocycles. The molecule has 0 bridgehead atoms. The van der Waals surface area contributed by atoms with Gasteiger partial charge in [-0.05, 0) is 32.4 Å². The van der Waals surface area contributed by atoms with Gasteiger partial charge in [0, 0.05) is 0 Å². The fourth-order valence-electron chi connectivity index (χ4n) is 1.41. The van der Waals surface area contributed by atoms with E-state index >= 15 is 0 Å². The van der Waals surface area contributed by atoms with Crippen LogP contribution in [0.3, 0.4) is 0 Å². The SMILES string of the molecule is CCN1CCCCC1N. The summed E-state index contributed by atoms with van der Waals surface area (Å²) >= 11 is 0. The zero-order chi connectivity index (χ0) is 6.69. The van der Waals surface area contributed by atoms with E-state index in [1.54, 1.807) is 0 Å². The molecular formula is C7H16N2. The molecule has 0 saturated carbocycles. The van der Waals surface area contributed by atoms with E-state index in [1.165, 1.54) is 25.8 Å². The van der Waals surface area contributed by atoms with Crippen LogP contribution in [-0.4, -0.2) is 24.2 Å². The Balaban J connectivity index is 2.30. The van der Waals surface area contributed by atoms with Crippen molar-refractivity contribution in [1.29, 1.82) is 0 Å². The third-order valence-corrected chi connectivity index (χ3v) is 2.07. The summed E-state index contributed by atoms with van der Waals surface area (Å²) in [6, 6.07) is 0. The van der Waals surface area contributed by atoms with Crippen LogP contribution in [0.5, 0.6) is 0 Å². The molecule has 1 aliphatic rings. The van der Waals surface area contributed by atoms with Crippen molar-refractivity contribution in [2.75, 3.05) is 13.1 Å². The predicted octanol–water partition coefficient (Wildman–Crippen LogP) is 0.777. The van der Waals surface area contributed by atoms with E-state index in [0.29, 0.717) is 6.17 Å². The van der Waals surface area contributed by atoms with Crippen molar-refractivity contribution < 1.29 is 0 Å². The number of hydrogen-bond acceptors (Lipinski definition) is 2. The van der Waals surface area contributed by atoms with Gasteiger partial charge in [0.2, 0.25) is 0 Å². The topological polar surface area (TPSA) is 29.3 Å². The Morgan fingerprint density at radius 1 is 1.56 bits per heavy atom. The van der Waals surface area contributed by atoms with Crippen LogP contribution in [0.4, 0.5) is 0 Å². The monoisotopic (exact) mass is 128 g/mol. The van der Waals surface area contributed by atoms with Gasteiger partial charge in [-0.2, -0.15) is 0 Å². The lowest BCUT2D eigenvalue weighted by Crippen LogP contribution is -2.44. The summed E-state index contributed by atoms with van der Waals surface area (Å²) in [4.78, 5) is 2.34. The lowest BCUT2D eigenvalue weighted by molar-refractivity contribution is 0.160. The molecule has 0 aromatic heterocycles. The molecule has 1 rings (SSSR count). The van der Waals surface area contributed by atoms with Crippen molar-refractivity contribution in [3.63, 3.8) is 0 Å². The summed E-state index contributed by atoms with van der Waals surface area (Å²) in [7, 11) is 0. The van der Waals surface area contributed by atoms with Crippen LogP contribution in [0.25, 0.3) is 0 Å². The highest BCUT2D eigenvalue weighted by Crippen LogP contribution is 2.11. The number of nitrogens with zero attached hydrogens (tertiary/aromatic N) is 1. The van der Waals surface area contributed by atoms with E-state index in [2.05, 4.69) is 11.8 Å². The van der Waals surface area contributed by atoms with Crippen molar-refractivity contribution in [1.82, 2.24) is 4.90 Å². The summed E-state index contributed by atoms with van der Waals surface area (Å²) in [5.74, 6) is 0. The van der Waals surface area contributed by atoms with Crippen LogP contribution in [0.2, 0.25) is 0 Å². The lowest BCUT2D eigenvalue weighted by Gasteiger charge is -2.31. The Morgan fingerprint density at radius 3 is 2.78 bits per heavy atom. The Hall–Kier alpha value is -0.0800. The molecule has 1 atom stereocenters. The number of hydrogen-bond donors (Lipinski definition) is 1. The molecule has 0 aromatic carbocycles. The van der Waals surface area contributed by atoms with Gasteiger partial charge < -0.3 is 5.73 Å². The molecule has 0 spiro atoms. The number of likely N-dealkylation sites (tertiary alicyclic amines) is 1. The van der Waals surface area contributed by atoms with E-state index in [0.717, 1.165) is 6.54 Å². The third-order valence-electron chi connectivity index (χ3n) is 2.07. The first-order valence-corrected chi connectivity index (χ1v) is 3.84. The molecule has 0 aromatic rings. The second-order valence-corrected chi connectivity index (χ2v) is 2.69. The minimum absolute atomic E-state index is 0.351. The Labute approximate surface area is 57.0 Å². The summed E-state index contributed by atoms with van der Waals surface area (Å²) in [5.41, 5.74) is 5.82. The van der Waals surface area contributed by atoms with E-state index in [-0.39, 0.29) is 0 Å². The van der Waals surface area contributed by atoms with E-state index in [1.807, 2.05) is 0 Å². The summed E-state index contributed by atoms with van der Waals surface area (Å²) in [6.45, 7) is 4.49. The highest BCUT2D eigenvalue weighted by atomic mass is 15.2. The van der Waals surface area contributed by atoms with E-state index < -0.39 is 0 Å². The molecule has 2 nitrogen and oxygen atoms in total. The van der Waals surface area contributed by atoms with Gasteiger partial charge in [0.15, 0.2) is 0 Å². The van der Waals surface area contributed by atoms with Gasteiger partial charge in [0.05, 0.1) is 6.17 Å². The number of piperidine rings is 1. The maximum absolute atomic E-state index is 5.82. The summed E-state index contributed by atoms with van der Waals surface area (Å²) in [5, 5.41) is 0. The molecule has 2 N–H and O–H groups in total. The quantitative estimate of drug-likeness (QED) is 0.565. The highest BCUT2D eigenvalue weighted by molar-refractivity contribution is 4.69. The zero-order valence-corrected chi connectivity index (χ0v) is 6.14. The van der Waals surface area contributed by atoms with Gasteiger partial charge in [-0.3, -0.25) is 4.90 Å². The minimum Gasteiger partial charge on any atom is -0.316 e. The molecule has 1 fully saturated rings.